The minimum absolute atomic E-state index is 0.241. The highest BCUT2D eigenvalue weighted by Gasteiger charge is 2.42. The van der Waals surface area contributed by atoms with Crippen molar-refractivity contribution in [2.24, 2.45) is 0 Å². The number of nitrogens with zero attached hydrogens (tertiary/aromatic N) is 1. The number of hydrogen-bond donors (Lipinski definition) is 0. The molecule has 2 aliphatic heterocycles. The van der Waals surface area contributed by atoms with E-state index in [-0.39, 0.29) is 6.42 Å². The van der Waals surface area contributed by atoms with Crippen LogP contribution in [0.15, 0.2) is 36.4 Å². The topological polar surface area (TPSA) is 12.5 Å². The average molecular weight is 380 g/mol. The molecule has 4 rings (SSSR count). The molecule has 2 heterocycles. The van der Waals surface area contributed by atoms with Crippen LogP contribution in [0.3, 0.4) is 0 Å². The molecule has 0 spiro atoms. The van der Waals surface area contributed by atoms with E-state index < -0.39 is 5.67 Å². The summed E-state index contributed by atoms with van der Waals surface area (Å²) < 4.78 is 22.1. The van der Waals surface area contributed by atoms with Crippen LogP contribution >= 0.6 is 23.2 Å². The Morgan fingerprint density at radius 1 is 1.00 bits per heavy atom. The molecule has 0 bridgehead atoms. The monoisotopic (exact) mass is 379 g/mol. The molecule has 1 atom stereocenters. The van der Waals surface area contributed by atoms with Crippen molar-refractivity contribution in [1.29, 1.82) is 0 Å². The molecule has 132 valence electrons. The molecule has 0 aliphatic carbocycles. The van der Waals surface area contributed by atoms with Gasteiger partial charge in [0.25, 0.3) is 0 Å². The van der Waals surface area contributed by atoms with Crippen LogP contribution in [-0.4, -0.2) is 19.7 Å². The molecule has 2 aromatic rings. The zero-order chi connectivity index (χ0) is 17.4. The maximum atomic E-state index is 16.2. The quantitative estimate of drug-likeness (QED) is 0.636. The Bertz CT molecular complexity index is 791. The van der Waals surface area contributed by atoms with Crippen LogP contribution in [0.25, 0.3) is 0 Å². The molecular formula is C20H20Cl2FNO. The van der Waals surface area contributed by atoms with Gasteiger partial charge in [-0.15, -0.1) is 0 Å². The Hall–Kier alpha value is -1.45. The summed E-state index contributed by atoms with van der Waals surface area (Å²) in [4.78, 5) is 2.30. The maximum Gasteiger partial charge on any atom is 0.169 e. The van der Waals surface area contributed by atoms with Crippen molar-refractivity contribution in [3.8, 4) is 5.75 Å². The zero-order valence-electron chi connectivity index (χ0n) is 13.9. The van der Waals surface area contributed by atoms with Gasteiger partial charge in [0.15, 0.2) is 5.67 Å². The Balaban J connectivity index is 1.82. The molecule has 0 saturated carbocycles. The number of para-hydroxylation sites is 1. The number of piperidine rings is 1. The van der Waals surface area contributed by atoms with Crippen molar-refractivity contribution in [2.45, 2.75) is 31.4 Å². The summed E-state index contributed by atoms with van der Waals surface area (Å²) in [5.41, 5.74) is 0.343. The number of anilines is 1. The van der Waals surface area contributed by atoms with Gasteiger partial charge in [0.2, 0.25) is 0 Å². The molecular weight excluding hydrogens is 360 g/mol. The van der Waals surface area contributed by atoms with E-state index in [1.165, 1.54) is 6.42 Å². The van der Waals surface area contributed by atoms with Gasteiger partial charge in [0.1, 0.15) is 5.75 Å². The van der Waals surface area contributed by atoms with E-state index in [0.717, 1.165) is 31.6 Å². The molecule has 1 unspecified atom stereocenters. The first-order chi connectivity index (χ1) is 12.1. The molecule has 2 aliphatic rings. The summed E-state index contributed by atoms with van der Waals surface area (Å²) in [6, 6.07) is 10.7. The predicted molar refractivity (Wildman–Crippen MR) is 101 cm³/mol. The fourth-order valence-electron chi connectivity index (χ4n) is 3.89. The first-order valence-corrected chi connectivity index (χ1v) is 9.51. The van der Waals surface area contributed by atoms with Crippen molar-refractivity contribution in [1.82, 2.24) is 0 Å². The highest BCUT2D eigenvalue weighted by molar-refractivity contribution is 6.35. The minimum Gasteiger partial charge on any atom is -0.491 e. The summed E-state index contributed by atoms with van der Waals surface area (Å²) in [7, 11) is 0. The highest BCUT2D eigenvalue weighted by atomic mass is 35.5. The second-order valence-corrected chi connectivity index (χ2v) is 7.57. The van der Waals surface area contributed by atoms with Crippen molar-refractivity contribution in [2.75, 3.05) is 24.6 Å². The van der Waals surface area contributed by atoms with Gasteiger partial charge in [0.05, 0.1) is 12.3 Å². The number of fused-ring (bicyclic) bond motifs is 1. The van der Waals surface area contributed by atoms with Crippen LogP contribution in [0.2, 0.25) is 10.0 Å². The van der Waals surface area contributed by atoms with Gasteiger partial charge >= 0.3 is 0 Å². The summed E-state index contributed by atoms with van der Waals surface area (Å²) in [5, 5.41) is 0.859. The smallest absolute Gasteiger partial charge is 0.169 e. The molecule has 1 fully saturated rings. The largest absolute Gasteiger partial charge is 0.491 e. The third-order valence-corrected chi connectivity index (χ3v) is 5.72. The molecule has 2 aromatic carbocycles. The van der Waals surface area contributed by atoms with Crippen molar-refractivity contribution >= 4 is 28.9 Å². The van der Waals surface area contributed by atoms with Crippen molar-refractivity contribution in [3.05, 3.63) is 57.6 Å². The van der Waals surface area contributed by atoms with Gasteiger partial charge in [-0.3, -0.25) is 0 Å². The van der Waals surface area contributed by atoms with Crippen molar-refractivity contribution in [3.63, 3.8) is 0 Å². The number of benzene rings is 2. The average Bonchev–Trinajstić information content (AvgIpc) is 2.62. The number of alkyl halides is 1. The van der Waals surface area contributed by atoms with Crippen LogP contribution in [0, 0.1) is 0 Å². The molecule has 0 aromatic heterocycles. The van der Waals surface area contributed by atoms with Gasteiger partial charge < -0.3 is 9.64 Å². The fourth-order valence-corrected chi connectivity index (χ4v) is 4.45. The van der Waals surface area contributed by atoms with E-state index in [1.54, 1.807) is 18.2 Å². The maximum absolute atomic E-state index is 16.2. The molecule has 0 radical (unpaired) electrons. The molecule has 0 amide bonds. The van der Waals surface area contributed by atoms with E-state index in [1.807, 2.05) is 18.2 Å². The summed E-state index contributed by atoms with van der Waals surface area (Å²) >= 11 is 12.3. The van der Waals surface area contributed by atoms with Gasteiger partial charge in [0, 0.05) is 40.7 Å². The normalized spacial score (nSPS) is 23.1. The van der Waals surface area contributed by atoms with Gasteiger partial charge in [-0.25, -0.2) is 4.39 Å². The Morgan fingerprint density at radius 3 is 2.56 bits per heavy atom. The van der Waals surface area contributed by atoms with Crippen molar-refractivity contribution < 1.29 is 9.13 Å². The SMILES string of the molecule is FC1(c2ccc(Cl)cc2Cl)CCOc2c(N3CCCCC3)cccc21. The minimum atomic E-state index is -1.67. The van der Waals surface area contributed by atoms with Crippen LogP contribution < -0.4 is 9.64 Å². The Morgan fingerprint density at radius 2 is 1.80 bits per heavy atom. The standard InChI is InChI=1S/C20H20Cl2FNO/c21-14-7-8-15(17(22)13-14)20(23)9-12-25-19-16(20)5-4-6-18(19)24-10-2-1-3-11-24/h4-8,13H,1-3,9-12H2. The van der Waals surface area contributed by atoms with E-state index >= 15 is 4.39 Å². The lowest BCUT2D eigenvalue weighted by molar-refractivity contribution is 0.130. The fraction of sp³-hybridized carbons (Fsp3) is 0.400. The van der Waals surface area contributed by atoms with Crippen LogP contribution in [0.4, 0.5) is 10.1 Å². The Labute approximate surface area is 157 Å². The number of rotatable bonds is 2. The third kappa shape index (κ3) is 2.98. The Kier molecular flexibility index (Phi) is 4.55. The number of halogens is 3. The van der Waals surface area contributed by atoms with Crippen LogP contribution in [-0.2, 0) is 5.67 Å². The zero-order valence-corrected chi connectivity index (χ0v) is 15.4. The predicted octanol–water partition coefficient (Wildman–Crippen LogP) is 5.98. The lowest BCUT2D eigenvalue weighted by atomic mass is 9.83. The lowest BCUT2D eigenvalue weighted by Crippen LogP contribution is -2.34. The van der Waals surface area contributed by atoms with E-state index in [2.05, 4.69) is 4.90 Å². The van der Waals surface area contributed by atoms with E-state index in [9.17, 15) is 0 Å². The molecule has 5 heteroatoms. The third-order valence-electron chi connectivity index (χ3n) is 5.17. The van der Waals surface area contributed by atoms with Gasteiger partial charge in [-0.1, -0.05) is 41.4 Å². The van der Waals surface area contributed by atoms with Gasteiger partial charge in [-0.05, 0) is 37.5 Å². The second kappa shape index (κ2) is 6.69. The van der Waals surface area contributed by atoms with Gasteiger partial charge in [-0.2, -0.15) is 0 Å². The molecule has 25 heavy (non-hydrogen) atoms. The van der Waals surface area contributed by atoms with E-state index in [0.29, 0.717) is 33.5 Å². The first kappa shape index (κ1) is 17.0. The summed E-state index contributed by atoms with van der Waals surface area (Å²) in [5.74, 6) is 0.657. The summed E-state index contributed by atoms with van der Waals surface area (Å²) in [6.07, 6.45) is 3.81. The number of hydrogen-bond acceptors (Lipinski definition) is 2. The lowest BCUT2D eigenvalue weighted by Gasteiger charge is -2.37. The van der Waals surface area contributed by atoms with Crippen LogP contribution in [0.1, 0.15) is 36.8 Å². The molecule has 2 nitrogen and oxygen atoms in total. The molecule has 1 saturated heterocycles. The summed E-state index contributed by atoms with van der Waals surface area (Å²) in [6.45, 7) is 2.30. The second-order valence-electron chi connectivity index (χ2n) is 6.73. The highest BCUT2D eigenvalue weighted by Crippen LogP contribution is 2.50. The van der Waals surface area contributed by atoms with Crippen LogP contribution in [0.5, 0.6) is 5.75 Å². The van der Waals surface area contributed by atoms with E-state index in [4.69, 9.17) is 27.9 Å². The first-order valence-electron chi connectivity index (χ1n) is 8.75. The molecule has 0 N–H and O–H groups in total. The number of ether oxygens (including phenoxy) is 1.